The van der Waals surface area contributed by atoms with E-state index in [1.165, 1.54) is 18.6 Å². The molecular weight excluding hydrogens is 369 g/mol. The molecule has 1 fully saturated rings. The van der Waals surface area contributed by atoms with E-state index < -0.39 is 0 Å². The largest absolute Gasteiger partial charge is 0.398 e. The molecule has 0 amide bonds. The number of anilines is 1. The summed E-state index contributed by atoms with van der Waals surface area (Å²) in [6.07, 6.45) is 5.64. The van der Waals surface area contributed by atoms with E-state index in [4.69, 9.17) is 15.5 Å². The lowest BCUT2D eigenvalue weighted by Gasteiger charge is -2.25. The van der Waals surface area contributed by atoms with Crippen molar-refractivity contribution in [1.29, 1.82) is 0 Å². The van der Waals surface area contributed by atoms with E-state index in [0.29, 0.717) is 40.9 Å². The first kappa shape index (κ1) is 19.6. The molecule has 0 saturated heterocycles. The fraction of sp³-hybridized carbons (Fsp3) is 0.391. The van der Waals surface area contributed by atoms with Gasteiger partial charge in [0.05, 0.1) is 24.1 Å². The van der Waals surface area contributed by atoms with Crippen LogP contribution < -0.4 is 11.3 Å². The Morgan fingerprint density at radius 3 is 2.55 bits per heavy atom. The van der Waals surface area contributed by atoms with Crippen molar-refractivity contribution in [3.63, 3.8) is 0 Å². The summed E-state index contributed by atoms with van der Waals surface area (Å²) < 4.78 is 20.4. The predicted octanol–water partition coefficient (Wildman–Crippen LogP) is 4.48. The fourth-order valence-corrected chi connectivity index (χ4v) is 4.34. The lowest BCUT2D eigenvalue weighted by atomic mass is 9.88. The van der Waals surface area contributed by atoms with Crippen LogP contribution in [0.15, 0.2) is 41.2 Å². The molecule has 2 aromatic carbocycles. The zero-order valence-corrected chi connectivity index (χ0v) is 16.7. The number of benzene rings is 2. The van der Waals surface area contributed by atoms with Crippen LogP contribution in [0.25, 0.3) is 22.0 Å². The Labute approximate surface area is 169 Å². The summed E-state index contributed by atoms with van der Waals surface area (Å²) in [5, 5.41) is 0.479. The van der Waals surface area contributed by atoms with E-state index in [1.54, 1.807) is 29.9 Å². The summed E-state index contributed by atoms with van der Waals surface area (Å²) in [7, 11) is 1.63. The number of hydrogen-bond donors (Lipinski definition) is 1. The number of hydrogen-bond acceptors (Lipinski definition) is 4. The van der Waals surface area contributed by atoms with Crippen molar-refractivity contribution in [2.45, 2.75) is 44.6 Å². The van der Waals surface area contributed by atoms with Gasteiger partial charge in [0, 0.05) is 24.3 Å². The summed E-state index contributed by atoms with van der Waals surface area (Å²) in [5.74, 6) is 0.793. The maximum Gasteiger partial charge on any atom is 0.262 e. The predicted molar refractivity (Wildman–Crippen MR) is 114 cm³/mol. The normalized spacial score (nSPS) is 15.1. The highest BCUT2D eigenvalue weighted by Gasteiger charge is 2.24. The molecule has 0 aliphatic heterocycles. The standard InChI is InChI=1S/C23H26FN3O2/c1-29-14-13-27-22(16-5-3-2-4-6-16)26-19-12-11-18(25)20(21(19)23(27)28)15-7-9-17(24)10-8-15/h7-12,16H,2-6,13-14,25H2,1H3. The Morgan fingerprint density at radius 2 is 1.86 bits per heavy atom. The molecule has 29 heavy (non-hydrogen) atoms. The van der Waals surface area contributed by atoms with Crippen molar-refractivity contribution in [2.75, 3.05) is 19.5 Å². The van der Waals surface area contributed by atoms with Gasteiger partial charge in [-0.05, 0) is 42.7 Å². The highest BCUT2D eigenvalue weighted by atomic mass is 19.1. The van der Waals surface area contributed by atoms with Crippen LogP contribution in [0, 0.1) is 5.82 Å². The van der Waals surface area contributed by atoms with Crippen LogP contribution in [-0.4, -0.2) is 23.3 Å². The summed E-state index contributed by atoms with van der Waals surface area (Å²) in [6.45, 7) is 0.878. The van der Waals surface area contributed by atoms with Gasteiger partial charge in [-0.1, -0.05) is 31.4 Å². The summed E-state index contributed by atoms with van der Waals surface area (Å²) >= 11 is 0. The van der Waals surface area contributed by atoms with Crippen LogP contribution >= 0.6 is 0 Å². The maximum absolute atomic E-state index is 13.6. The molecular formula is C23H26FN3O2. The topological polar surface area (TPSA) is 70.1 Å². The first-order valence-corrected chi connectivity index (χ1v) is 10.2. The van der Waals surface area contributed by atoms with Crippen LogP contribution in [0.3, 0.4) is 0 Å². The van der Waals surface area contributed by atoms with Gasteiger partial charge in [-0.25, -0.2) is 9.37 Å². The van der Waals surface area contributed by atoms with E-state index in [9.17, 15) is 9.18 Å². The summed E-state index contributed by atoms with van der Waals surface area (Å²) in [6, 6.07) is 9.63. The maximum atomic E-state index is 13.6. The quantitative estimate of drug-likeness (QED) is 0.647. The molecule has 0 spiro atoms. The summed E-state index contributed by atoms with van der Waals surface area (Å²) in [4.78, 5) is 18.6. The van der Waals surface area contributed by atoms with Crippen molar-refractivity contribution in [2.24, 2.45) is 0 Å². The molecule has 0 radical (unpaired) electrons. The van der Waals surface area contributed by atoms with Crippen molar-refractivity contribution in [3.8, 4) is 11.1 Å². The van der Waals surface area contributed by atoms with Gasteiger partial charge in [-0.2, -0.15) is 0 Å². The zero-order chi connectivity index (χ0) is 20.4. The number of ether oxygens (including phenoxy) is 1. The van der Waals surface area contributed by atoms with Crippen molar-refractivity contribution < 1.29 is 9.13 Å². The van der Waals surface area contributed by atoms with Gasteiger partial charge in [0.1, 0.15) is 11.6 Å². The first-order chi connectivity index (χ1) is 14.1. The smallest absolute Gasteiger partial charge is 0.262 e. The second-order valence-electron chi connectivity index (χ2n) is 7.69. The number of aromatic nitrogens is 2. The number of nitrogens with two attached hydrogens (primary N) is 1. The second-order valence-corrected chi connectivity index (χ2v) is 7.69. The van der Waals surface area contributed by atoms with E-state index in [1.807, 2.05) is 6.07 Å². The number of fused-ring (bicyclic) bond motifs is 1. The van der Waals surface area contributed by atoms with Crippen molar-refractivity contribution in [3.05, 3.63) is 58.4 Å². The molecule has 1 saturated carbocycles. The molecule has 0 atom stereocenters. The molecule has 0 unspecified atom stereocenters. The molecule has 1 aliphatic rings. The number of nitrogens with zero attached hydrogens (tertiary/aromatic N) is 2. The number of halogens is 1. The Morgan fingerprint density at radius 1 is 1.14 bits per heavy atom. The van der Waals surface area contributed by atoms with Gasteiger partial charge in [-0.15, -0.1) is 0 Å². The molecule has 6 heteroatoms. The van der Waals surface area contributed by atoms with Gasteiger partial charge >= 0.3 is 0 Å². The second kappa shape index (κ2) is 8.33. The van der Waals surface area contributed by atoms with Crippen molar-refractivity contribution in [1.82, 2.24) is 9.55 Å². The van der Waals surface area contributed by atoms with Gasteiger partial charge in [-0.3, -0.25) is 9.36 Å². The monoisotopic (exact) mass is 395 g/mol. The molecule has 3 aromatic rings. The van der Waals surface area contributed by atoms with E-state index in [2.05, 4.69) is 0 Å². The van der Waals surface area contributed by atoms with Crippen LogP contribution in [-0.2, 0) is 11.3 Å². The van der Waals surface area contributed by atoms with Crippen LogP contribution in [0.2, 0.25) is 0 Å². The average Bonchev–Trinajstić information content (AvgIpc) is 2.74. The highest BCUT2D eigenvalue weighted by Crippen LogP contribution is 2.35. The Hall–Kier alpha value is -2.73. The third-order valence-electron chi connectivity index (χ3n) is 5.81. The highest BCUT2D eigenvalue weighted by molar-refractivity contribution is 6.00. The number of nitrogen functional groups attached to an aromatic ring is 1. The lowest BCUT2D eigenvalue weighted by molar-refractivity contribution is 0.184. The number of rotatable bonds is 5. The Bertz CT molecular complexity index is 1070. The molecule has 4 rings (SSSR count). The molecule has 0 bridgehead atoms. The third kappa shape index (κ3) is 3.77. The molecule has 152 valence electrons. The Kier molecular flexibility index (Phi) is 5.62. The lowest BCUT2D eigenvalue weighted by Crippen LogP contribution is -2.29. The molecule has 1 aliphatic carbocycles. The Balaban J connectivity index is 1.97. The van der Waals surface area contributed by atoms with Crippen molar-refractivity contribution >= 4 is 16.6 Å². The van der Waals surface area contributed by atoms with Crippen LogP contribution in [0.1, 0.15) is 43.8 Å². The number of methoxy groups -OCH3 is 1. The molecule has 1 heterocycles. The zero-order valence-electron chi connectivity index (χ0n) is 16.7. The average molecular weight is 395 g/mol. The minimum atomic E-state index is -0.331. The first-order valence-electron chi connectivity index (χ1n) is 10.2. The third-order valence-corrected chi connectivity index (χ3v) is 5.81. The van der Waals surface area contributed by atoms with Crippen LogP contribution in [0.4, 0.5) is 10.1 Å². The minimum Gasteiger partial charge on any atom is -0.398 e. The van der Waals surface area contributed by atoms with Gasteiger partial charge in [0.15, 0.2) is 0 Å². The SMILES string of the molecule is COCCn1c(C2CCCCC2)nc2ccc(N)c(-c3ccc(F)cc3)c2c1=O. The summed E-state index contributed by atoms with van der Waals surface area (Å²) in [5.41, 5.74) is 8.58. The van der Waals surface area contributed by atoms with E-state index >= 15 is 0 Å². The van der Waals surface area contributed by atoms with Crippen LogP contribution in [0.5, 0.6) is 0 Å². The van der Waals surface area contributed by atoms with E-state index in [0.717, 1.165) is 31.5 Å². The minimum absolute atomic E-state index is 0.112. The van der Waals surface area contributed by atoms with Gasteiger partial charge < -0.3 is 10.5 Å². The van der Waals surface area contributed by atoms with E-state index in [-0.39, 0.29) is 17.3 Å². The molecule has 2 N–H and O–H groups in total. The molecule has 5 nitrogen and oxygen atoms in total. The fourth-order valence-electron chi connectivity index (χ4n) is 4.34. The van der Waals surface area contributed by atoms with Gasteiger partial charge in [0.25, 0.3) is 5.56 Å². The molecule has 1 aromatic heterocycles. The van der Waals surface area contributed by atoms with Gasteiger partial charge in [0.2, 0.25) is 0 Å².